The number of rotatable bonds is 4. The van der Waals surface area contributed by atoms with Gasteiger partial charge in [-0.3, -0.25) is 4.90 Å². The molecule has 2 aromatic carbocycles. The van der Waals surface area contributed by atoms with Crippen molar-refractivity contribution < 1.29 is 27.4 Å². The van der Waals surface area contributed by atoms with E-state index in [9.17, 15) is 18.0 Å². The number of fused-ring (bicyclic) bond motifs is 3. The molecule has 6 nitrogen and oxygen atoms in total. The highest BCUT2D eigenvalue weighted by Gasteiger charge is 2.44. The van der Waals surface area contributed by atoms with Crippen molar-refractivity contribution in [2.45, 2.75) is 44.2 Å². The van der Waals surface area contributed by atoms with Crippen LogP contribution >= 0.6 is 0 Å². The number of amides is 1. The van der Waals surface area contributed by atoms with E-state index in [-0.39, 0.29) is 24.2 Å². The van der Waals surface area contributed by atoms with Crippen LogP contribution in [-0.2, 0) is 15.7 Å². The summed E-state index contributed by atoms with van der Waals surface area (Å²) in [5.41, 5.74) is 1.73. The van der Waals surface area contributed by atoms with E-state index in [0.29, 0.717) is 37.5 Å². The largest absolute Gasteiger partial charge is 0.450 e. The number of hydrogen-bond donors (Lipinski definition) is 1. The first kappa shape index (κ1) is 24.9. The van der Waals surface area contributed by atoms with Crippen LogP contribution in [0.25, 0.3) is 0 Å². The predicted octanol–water partition coefficient (Wildman–Crippen LogP) is 5.48. The monoisotopic (exact) mass is 503 g/mol. The van der Waals surface area contributed by atoms with E-state index >= 15 is 0 Å². The van der Waals surface area contributed by atoms with Crippen LogP contribution in [0.5, 0.6) is 0 Å². The van der Waals surface area contributed by atoms with Crippen molar-refractivity contribution in [3.05, 3.63) is 65.2 Å². The van der Waals surface area contributed by atoms with Crippen molar-refractivity contribution in [2.24, 2.45) is 5.92 Å². The summed E-state index contributed by atoms with van der Waals surface area (Å²) >= 11 is 0. The Morgan fingerprint density at radius 2 is 1.83 bits per heavy atom. The third-order valence-corrected chi connectivity index (χ3v) is 7.49. The number of nitrogens with zero attached hydrogens (tertiary/aromatic N) is 2. The third-order valence-electron chi connectivity index (χ3n) is 7.49. The highest BCUT2D eigenvalue weighted by Crippen LogP contribution is 2.51. The van der Waals surface area contributed by atoms with Gasteiger partial charge in [0, 0.05) is 49.9 Å². The molecular formula is C27H32F3N3O3. The van der Waals surface area contributed by atoms with E-state index in [1.165, 1.54) is 12.1 Å². The lowest BCUT2D eigenvalue weighted by Gasteiger charge is -2.47. The van der Waals surface area contributed by atoms with Gasteiger partial charge in [-0.25, -0.2) is 4.79 Å². The van der Waals surface area contributed by atoms with Crippen molar-refractivity contribution in [3.8, 4) is 0 Å². The summed E-state index contributed by atoms with van der Waals surface area (Å²) in [6.45, 7) is 5.46. The van der Waals surface area contributed by atoms with E-state index in [2.05, 4.69) is 22.3 Å². The van der Waals surface area contributed by atoms with Gasteiger partial charge < -0.3 is 19.7 Å². The lowest BCUT2D eigenvalue weighted by atomic mass is 9.76. The van der Waals surface area contributed by atoms with Crippen LogP contribution in [0.3, 0.4) is 0 Å². The lowest BCUT2D eigenvalue weighted by Crippen LogP contribution is -2.51. The third kappa shape index (κ3) is 5.18. The zero-order chi connectivity index (χ0) is 25.3. The van der Waals surface area contributed by atoms with Gasteiger partial charge in [0.05, 0.1) is 30.4 Å². The Balaban J connectivity index is 1.33. The van der Waals surface area contributed by atoms with Gasteiger partial charge in [-0.1, -0.05) is 30.3 Å². The van der Waals surface area contributed by atoms with Gasteiger partial charge >= 0.3 is 12.3 Å². The Kier molecular flexibility index (Phi) is 7.12. The Morgan fingerprint density at radius 1 is 1.08 bits per heavy atom. The molecule has 3 aliphatic heterocycles. The molecule has 2 saturated heterocycles. The van der Waals surface area contributed by atoms with Gasteiger partial charge in [0.2, 0.25) is 0 Å². The maximum Gasteiger partial charge on any atom is 0.416 e. The Hall–Kier alpha value is -2.78. The maximum absolute atomic E-state index is 13.5. The minimum absolute atomic E-state index is 0.0281. The summed E-state index contributed by atoms with van der Waals surface area (Å²) in [6.07, 6.45) is -3.52. The molecule has 0 saturated carbocycles. The van der Waals surface area contributed by atoms with E-state index in [1.54, 1.807) is 11.8 Å². The van der Waals surface area contributed by atoms with Gasteiger partial charge in [-0.2, -0.15) is 13.2 Å². The summed E-state index contributed by atoms with van der Waals surface area (Å²) < 4.78 is 52.3. The van der Waals surface area contributed by atoms with Crippen molar-refractivity contribution in [3.63, 3.8) is 0 Å². The standard InChI is InChI=1S/C27H32F3N3O3/c1-2-35-26(34)33-14-12-32(13-15-33)17-20-9-10-21-24(18-6-4-3-5-7-18)31-23-11-8-19(27(28,29)30)16-22(23)25(21)36-20/h3-8,11,16,20-21,24-25,31H,2,9-10,12-15,17H2,1H3/t20-,21+,24+,25+/m1/s1. The number of benzene rings is 2. The average molecular weight is 504 g/mol. The normalized spacial score (nSPS) is 26.5. The fourth-order valence-electron chi connectivity index (χ4n) is 5.67. The molecule has 36 heavy (non-hydrogen) atoms. The molecule has 3 aliphatic rings. The summed E-state index contributed by atoms with van der Waals surface area (Å²) in [4.78, 5) is 16.0. The van der Waals surface area contributed by atoms with Gasteiger partial charge in [-0.05, 0) is 43.5 Å². The second-order valence-electron chi connectivity index (χ2n) is 9.74. The molecule has 0 unspecified atom stereocenters. The van der Waals surface area contributed by atoms with Crippen molar-refractivity contribution >= 4 is 11.8 Å². The van der Waals surface area contributed by atoms with Gasteiger partial charge in [-0.15, -0.1) is 0 Å². The smallest absolute Gasteiger partial charge is 0.416 e. The first-order chi connectivity index (χ1) is 17.3. The van der Waals surface area contributed by atoms with Crippen molar-refractivity contribution in [1.29, 1.82) is 0 Å². The summed E-state index contributed by atoms with van der Waals surface area (Å²) in [5, 5.41) is 3.51. The van der Waals surface area contributed by atoms with Crippen LogP contribution in [0.1, 0.15) is 48.6 Å². The van der Waals surface area contributed by atoms with Crippen LogP contribution in [-0.4, -0.2) is 61.3 Å². The van der Waals surface area contributed by atoms with E-state index in [1.807, 2.05) is 18.2 Å². The number of carbonyl (C=O) groups excluding carboxylic acids is 1. The number of carbonyl (C=O) groups is 1. The lowest BCUT2D eigenvalue weighted by molar-refractivity contribution is -0.138. The first-order valence-corrected chi connectivity index (χ1v) is 12.7. The number of ether oxygens (including phenoxy) is 2. The topological polar surface area (TPSA) is 54.0 Å². The molecule has 194 valence electrons. The Bertz CT molecular complexity index is 1060. The van der Waals surface area contributed by atoms with E-state index in [0.717, 1.165) is 37.6 Å². The van der Waals surface area contributed by atoms with Crippen LogP contribution < -0.4 is 5.32 Å². The van der Waals surface area contributed by atoms with Crippen LogP contribution in [0, 0.1) is 5.92 Å². The predicted molar refractivity (Wildman–Crippen MR) is 130 cm³/mol. The molecule has 3 heterocycles. The number of nitrogens with one attached hydrogen (secondary N) is 1. The maximum atomic E-state index is 13.5. The van der Waals surface area contributed by atoms with Gasteiger partial charge in [0.15, 0.2) is 0 Å². The van der Waals surface area contributed by atoms with Crippen LogP contribution in [0.15, 0.2) is 48.5 Å². The fraction of sp³-hybridized carbons (Fsp3) is 0.519. The molecule has 1 N–H and O–H groups in total. The van der Waals surface area contributed by atoms with E-state index < -0.39 is 17.8 Å². The summed E-state index contributed by atoms with van der Waals surface area (Å²) in [7, 11) is 0. The second-order valence-corrected chi connectivity index (χ2v) is 9.74. The molecule has 0 bridgehead atoms. The zero-order valence-corrected chi connectivity index (χ0v) is 20.3. The molecule has 0 aliphatic carbocycles. The number of alkyl halides is 3. The second kappa shape index (κ2) is 10.3. The zero-order valence-electron chi connectivity index (χ0n) is 20.3. The molecule has 5 rings (SSSR count). The molecule has 2 aromatic rings. The van der Waals surface area contributed by atoms with Crippen molar-refractivity contribution in [1.82, 2.24) is 9.80 Å². The van der Waals surface area contributed by atoms with Gasteiger partial charge in [0.25, 0.3) is 0 Å². The number of piperazine rings is 1. The minimum atomic E-state index is -4.41. The molecule has 2 fully saturated rings. The Labute approximate surface area is 209 Å². The van der Waals surface area contributed by atoms with Crippen LogP contribution in [0.4, 0.5) is 23.7 Å². The summed E-state index contributed by atoms with van der Waals surface area (Å²) in [5.74, 6) is 0.0281. The molecule has 4 atom stereocenters. The number of hydrogen-bond acceptors (Lipinski definition) is 5. The highest BCUT2D eigenvalue weighted by molar-refractivity contribution is 5.67. The van der Waals surface area contributed by atoms with Gasteiger partial charge in [0.1, 0.15) is 0 Å². The average Bonchev–Trinajstić information content (AvgIpc) is 2.88. The first-order valence-electron chi connectivity index (χ1n) is 12.7. The fourth-order valence-corrected chi connectivity index (χ4v) is 5.67. The SMILES string of the molecule is CCOC(=O)N1CCN(C[C@H]2CC[C@@H]3[C@H](O2)c2cc(C(F)(F)F)ccc2N[C@H]3c2ccccc2)CC1. The number of anilines is 1. The molecule has 9 heteroatoms. The Morgan fingerprint density at radius 3 is 2.53 bits per heavy atom. The van der Waals surface area contributed by atoms with Crippen LogP contribution in [0.2, 0.25) is 0 Å². The molecular weight excluding hydrogens is 471 g/mol. The molecule has 0 radical (unpaired) electrons. The summed E-state index contributed by atoms with van der Waals surface area (Å²) in [6, 6.07) is 13.9. The molecule has 0 spiro atoms. The molecule has 0 aromatic heterocycles. The highest BCUT2D eigenvalue weighted by atomic mass is 19.4. The van der Waals surface area contributed by atoms with Crippen molar-refractivity contribution in [2.75, 3.05) is 44.6 Å². The van der Waals surface area contributed by atoms with E-state index in [4.69, 9.17) is 9.47 Å². The minimum Gasteiger partial charge on any atom is -0.450 e. The number of halogens is 3. The molecule has 1 amide bonds. The quantitative estimate of drug-likeness (QED) is 0.599.